The molecule has 0 atom stereocenters. The average molecular weight is 651 g/mol. The monoisotopic (exact) mass is 650 g/mol. The smallest absolute Gasteiger partial charge is 0.210 e. The van der Waals surface area contributed by atoms with Gasteiger partial charge in [0.1, 0.15) is 23.0 Å². The van der Waals surface area contributed by atoms with Crippen molar-refractivity contribution in [1.29, 1.82) is 0 Å². The number of ether oxygens (including phenoxy) is 5. The van der Waals surface area contributed by atoms with Crippen LogP contribution in [0.2, 0.25) is 0 Å². The minimum Gasteiger partial charge on any atom is -0.504 e. The number of rotatable bonds is 9. The number of phenolic OH excluding ortho intramolecular Hbond substituents is 10. The lowest BCUT2D eigenvalue weighted by Crippen LogP contribution is -1.92. The second-order valence-corrected chi connectivity index (χ2v) is 9.91. The summed E-state index contributed by atoms with van der Waals surface area (Å²) in [4.78, 5) is 0. The number of phenols is 10. The van der Waals surface area contributed by atoms with Crippen LogP contribution in [0, 0.1) is 6.92 Å². The van der Waals surface area contributed by atoms with Crippen LogP contribution < -0.4 is 23.7 Å². The van der Waals surface area contributed by atoms with Gasteiger partial charge in [-0.1, -0.05) is 0 Å². The summed E-state index contributed by atoms with van der Waals surface area (Å²) in [5.74, 6) is -8.75. The molecule has 244 valence electrons. The zero-order valence-corrected chi connectivity index (χ0v) is 24.3. The molecule has 0 bridgehead atoms. The van der Waals surface area contributed by atoms with E-state index in [1.54, 1.807) is 6.92 Å². The van der Waals surface area contributed by atoms with Gasteiger partial charge in [0.05, 0.1) is 7.11 Å². The zero-order chi connectivity index (χ0) is 34.2. The normalized spacial score (nSPS) is 10.8. The van der Waals surface area contributed by atoms with Crippen molar-refractivity contribution in [2.24, 2.45) is 0 Å². The largest absolute Gasteiger partial charge is 0.504 e. The van der Waals surface area contributed by atoms with E-state index >= 15 is 0 Å². The molecule has 0 saturated heterocycles. The first-order valence-electron chi connectivity index (χ1n) is 13.3. The molecule has 47 heavy (non-hydrogen) atoms. The standard InChI is InChI=1S/C32H26O15/c1-13-3-18(33)29(19(34)4-13)44-15-7-22(37)31(23(38)8-15)46-17-11-26(41)32(27(42)12-17)47-16-9-24(39)30(25(40)10-16)45-14-5-20(35)28(43-2)21(36)6-14/h3-12,33-42H,1-2H3. The maximum atomic E-state index is 10.5. The first kappa shape index (κ1) is 31.5. The second kappa shape index (κ2) is 12.2. The van der Waals surface area contributed by atoms with Crippen molar-refractivity contribution in [2.45, 2.75) is 6.92 Å². The van der Waals surface area contributed by atoms with Crippen molar-refractivity contribution in [2.75, 3.05) is 7.11 Å². The Balaban J connectivity index is 1.34. The Labute approximate surface area is 264 Å². The molecule has 5 aromatic rings. The Hall–Kier alpha value is -6.90. The predicted molar refractivity (Wildman–Crippen MR) is 160 cm³/mol. The molecule has 0 spiro atoms. The fraction of sp³-hybridized carbons (Fsp3) is 0.0625. The van der Waals surface area contributed by atoms with Gasteiger partial charge in [-0.25, -0.2) is 0 Å². The molecule has 0 fully saturated rings. The summed E-state index contributed by atoms with van der Waals surface area (Å²) in [6, 6.07) is 10.7. The highest BCUT2D eigenvalue weighted by Crippen LogP contribution is 2.50. The lowest BCUT2D eigenvalue weighted by Gasteiger charge is -2.16. The van der Waals surface area contributed by atoms with E-state index in [2.05, 4.69) is 0 Å². The van der Waals surface area contributed by atoms with Crippen LogP contribution in [0.25, 0.3) is 0 Å². The van der Waals surface area contributed by atoms with Crippen molar-refractivity contribution >= 4 is 0 Å². The van der Waals surface area contributed by atoms with Gasteiger partial charge in [0.25, 0.3) is 0 Å². The van der Waals surface area contributed by atoms with E-state index in [0.29, 0.717) is 5.56 Å². The third-order valence-electron chi connectivity index (χ3n) is 6.37. The third kappa shape index (κ3) is 6.48. The Morgan fingerprint density at radius 3 is 0.723 bits per heavy atom. The molecule has 0 saturated carbocycles. The van der Waals surface area contributed by atoms with Crippen LogP contribution in [0.4, 0.5) is 0 Å². The van der Waals surface area contributed by atoms with Crippen LogP contribution in [-0.2, 0) is 0 Å². The van der Waals surface area contributed by atoms with E-state index in [-0.39, 0.29) is 46.0 Å². The molecule has 15 nitrogen and oxygen atoms in total. The molecule has 0 radical (unpaired) electrons. The van der Waals surface area contributed by atoms with Crippen LogP contribution in [0.3, 0.4) is 0 Å². The maximum Gasteiger partial charge on any atom is 0.210 e. The molecule has 5 rings (SSSR count). The Morgan fingerprint density at radius 2 is 0.511 bits per heavy atom. The molecule has 0 aliphatic carbocycles. The summed E-state index contributed by atoms with van der Waals surface area (Å²) in [7, 11) is 1.22. The maximum absolute atomic E-state index is 10.5. The number of aryl methyl sites for hydroxylation is 1. The Morgan fingerprint density at radius 1 is 0.319 bits per heavy atom. The average Bonchev–Trinajstić information content (AvgIpc) is 2.96. The van der Waals surface area contributed by atoms with Crippen molar-refractivity contribution in [1.82, 2.24) is 0 Å². The summed E-state index contributed by atoms with van der Waals surface area (Å²) in [5, 5.41) is 103. The van der Waals surface area contributed by atoms with E-state index in [4.69, 9.17) is 23.7 Å². The van der Waals surface area contributed by atoms with Gasteiger partial charge in [-0.05, 0) is 24.6 Å². The Bertz CT molecular complexity index is 1890. The fourth-order valence-corrected chi connectivity index (χ4v) is 4.36. The van der Waals surface area contributed by atoms with Crippen molar-refractivity contribution in [3.05, 3.63) is 66.2 Å². The molecule has 0 aromatic heterocycles. The topological polar surface area (TPSA) is 248 Å². The van der Waals surface area contributed by atoms with Crippen LogP contribution in [-0.4, -0.2) is 58.2 Å². The first-order chi connectivity index (χ1) is 22.2. The third-order valence-corrected chi connectivity index (χ3v) is 6.37. The lowest BCUT2D eigenvalue weighted by atomic mass is 10.2. The minimum absolute atomic E-state index is 0.171. The van der Waals surface area contributed by atoms with Crippen LogP contribution >= 0.6 is 0 Å². The zero-order valence-electron chi connectivity index (χ0n) is 24.3. The van der Waals surface area contributed by atoms with E-state index in [9.17, 15) is 51.1 Å². The van der Waals surface area contributed by atoms with E-state index in [1.807, 2.05) is 0 Å². The van der Waals surface area contributed by atoms with Crippen molar-refractivity contribution in [3.8, 4) is 109 Å². The van der Waals surface area contributed by atoms with Crippen LogP contribution in [0.1, 0.15) is 5.56 Å². The molecule has 10 N–H and O–H groups in total. The SMILES string of the molecule is COc1c(O)cc(Oc2c(O)cc(Oc3c(O)cc(Oc4c(O)cc(Oc5c(O)cc(C)cc5O)cc4O)cc3O)cc2O)cc1O. The van der Waals surface area contributed by atoms with Gasteiger partial charge in [0, 0.05) is 48.5 Å². The molecule has 0 amide bonds. The quantitative estimate of drug-likeness (QED) is 0.0849. The van der Waals surface area contributed by atoms with Gasteiger partial charge in [0.15, 0.2) is 57.5 Å². The predicted octanol–water partition coefficient (Wildman–Crippen LogP) is 6.23. The van der Waals surface area contributed by atoms with E-state index < -0.39 is 63.2 Å². The highest BCUT2D eigenvalue weighted by Gasteiger charge is 2.21. The fourth-order valence-electron chi connectivity index (χ4n) is 4.36. The van der Waals surface area contributed by atoms with Gasteiger partial charge in [0.2, 0.25) is 28.7 Å². The van der Waals surface area contributed by atoms with Gasteiger partial charge >= 0.3 is 0 Å². The van der Waals surface area contributed by atoms with E-state index in [1.165, 1.54) is 19.2 Å². The lowest BCUT2D eigenvalue weighted by molar-refractivity contribution is 0.336. The highest BCUT2D eigenvalue weighted by atomic mass is 16.5. The molecular weight excluding hydrogens is 624 g/mol. The number of hydrogen-bond acceptors (Lipinski definition) is 15. The molecule has 0 heterocycles. The molecular formula is C32H26O15. The summed E-state index contributed by atoms with van der Waals surface area (Å²) in [6.45, 7) is 1.64. The van der Waals surface area contributed by atoms with Crippen molar-refractivity contribution < 1.29 is 74.7 Å². The minimum atomic E-state index is -0.701. The van der Waals surface area contributed by atoms with Crippen LogP contribution in [0.15, 0.2) is 60.7 Å². The summed E-state index contributed by atoms with van der Waals surface area (Å²) >= 11 is 0. The first-order valence-corrected chi connectivity index (χ1v) is 13.3. The molecule has 0 unspecified atom stereocenters. The van der Waals surface area contributed by atoms with Crippen LogP contribution in [0.5, 0.6) is 109 Å². The number of aromatic hydroxyl groups is 10. The second-order valence-electron chi connectivity index (χ2n) is 9.91. The summed E-state index contributed by atoms with van der Waals surface area (Å²) < 4.78 is 26.5. The summed E-state index contributed by atoms with van der Waals surface area (Å²) in [6.07, 6.45) is 0. The molecule has 5 aromatic carbocycles. The molecule has 0 aliphatic rings. The van der Waals surface area contributed by atoms with Gasteiger partial charge < -0.3 is 74.7 Å². The highest BCUT2D eigenvalue weighted by molar-refractivity contribution is 5.63. The number of benzene rings is 5. The summed E-state index contributed by atoms with van der Waals surface area (Å²) in [5.41, 5.74) is 0.555. The molecule has 15 heteroatoms. The van der Waals surface area contributed by atoms with Gasteiger partial charge in [-0.15, -0.1) is 0 Å². The van der Waals surface area contributed by atoms with E-state index in [0.717, 1.165) is 48.5 Å². The number of methoxy groups -OCH3 is 1. The van der Waals surface area contributed by atoms with Gasteiger partial charge in [-0.3, -0.25) is 0 Å². The molecule has 0 aliphatic heterocycles. The number of hydrogen-bond donors (Lipinski definition) is 10. The van der Waals surface area contributed by atoms with Gasteiger partial charge in [-0.2, -0.15) is 0 Å². The Kier molecular flexibility index (Phi) is 8.21. The van der Waals surface area contributed by atoms with Crippen molar-refractivity contribution in [3.63, 3.8) is 0 Å².